The molecule has 0 aliphatic carbocycles. The maximum Gasteiger partial charge on any atom is 0.380 e. The maximum absolute atomic E-state index is 14.0. The van der Waals surface area contributed by atoms with Crippen LogP contribution in [0.4, 0.5) is 8.78 Å². The highest BCUT2D eigenvalue weighted by Crippen LogP contribution is 2.42. The Bertz CT molecular complexity index is 458. The molecule has 1 rings (SSSR count). The van der Waals surface area contributed by atoms with Crippen molar-refractivity contribution >= 4 is 5.97 Å². The van der Waals surface area contributed by atoms with Gasteiger partial charge in [0.1, 0.15) is 5.75 Å². The van der Waals surface area contributed by atoms with Crippen LogP contribution in [0.1, 0.15) is 19.4 Å². The first kappa shape index (κ1) is 15.4. The molecule has 6 heteroatoms. The van der Waals surface area contributed by atoms with Gasteiger partial charge in [-0.3, -0.25) is 0 Å². The molecule has 0 fully saturated rings. The molecular weight excluding hydrogens is 258 g/mol. The predicted molar refractivity (Wildman–Crippen MR) is 64.1 cm³/mol. The third-order valence-electron chi connectivity index (χ3n) is 2.77. The van der Waals surface area contributed by atoms with Crippen molar-refractivity contribution < 1.29 is 28.2 Å². The normalized spacial score (nSPS) is 14.6. The number of esters is 1. The van der Waals surface area contributed by atoms with Crippen molar-refractivity contribution in [3.05, 3.63) is 29.8 Å². The summed E-state index contributed by atoms with van der Waals surface area (Å²) in [5, 5.41) is 10.1. The fraction of sp³-hybridized carbons (Fsp3) is 0.462. The lowest BCUT2D eigenvalue weighted by Gasteiger charge is -2.31. The molecular formula is C13H16F2O4. The van der Waals surface area contributed by atoms with Crippen LogP contribution in [-0.2, 0) is 15.1 Å². The van der Waals surface area contributed by atoms with Crippen molar-refractivity contribution in [1.29, 1.82) is 0 Å². The summed E-state index contributed by atoms with van der Waals surface area (Å²) >= 11 is 0. The van der Waals surface area contributed by atoms with Crippen LogP contribution in [0.5, 0.6) is 5.75 Å². The molecule has 0 spiro atoms. The van der Waals surface area contributed by atoms with Gasteiger partial charge in [0.15, 0.2) is 5.60 Å². The second kappa shape index (κ2) is 5.52. The lowest BCUT2D eigenvalue weighted by molar-refractivity contribution is -0.212. The van der Waals surface area contributed by atoms with Gasteiger partial charge in [-0.15, -0.1) is 0 Å². The van der Waals surface area contributed by atoms with E-state index in [4.69, 9.17) is 4.74 Å². The molecule has 0 saturated carbocycles. The highest BCUT2D eigenvalue weighted by atomic mass is 19.3. The number of carbonyl (C=O) groups is 1. The van der Waals surface area contributed by atoms with Gasteiger partial charge in [-0.05, 0) is 19.9 Å². The Morgan fingerprint density at radius 3 is 2.47 bits per heavy atom. The SMILES string of the molecule is CCOC(=O)C(F)(F)C(C)(O)c1ccccc1OC. The summed E-state index contributed by atoms with van der Waals surface area (Å²) in [4.78, 5) is 11.3. The zero-order valence-electron chi connectivity index (χ0n) is 10.9. The molecule has 0 aromatic heterocycles. The fourth-order valence-corrected chi connectivity index (χ4v) is 1.64. The lowest BCUT2D eigenvalue weighted by Crippen LogP contribution is -2.49. The molecule has 106 valence electrons. The summed E-state index contributed by atoms with van der Waals surface area (Å²) in [6.07, 6.45) is 0. The third kappa shape index (κ3) is 2.68. The number of hydrogen-bond donors (Lipinski definition) is 1. The number of alkyl halides is 2. The highest BCUT2D eigenvalue weighted by Gasteiger charge is 2.58. The molecule has 0 aliphatic heterocycles. The Morgan fingerprint density at radius 2 is 1.95 bits per heavy atom. The van der Waals surface area contributed by atoms with Gasteiger partial charge < -0.3 is 14.6 Å². The van der Waals surface area contributed by atoms with E-state index < -0.39 is 17.5 Å². The third-order valence-corrected chi connectivity index (χ3v) is 2.77. The number of hydrogen-bond acceptors (Lipinski definition) is 4. The second-order valence-electron chi connectivity index (χ2n) is 4.07. The van der Waals surface area contributed by atoms with Crippen LogP contribution in [0.25, 0.3) is 0 Å². The van der Waals surface area contributed by atoms with Crippen LogP contribution in [-0.4, -0.2) is 30.7 Å². The largest absolute Gasteiger partial charge is 0.496 e. The maximum atomic E-state index is 14.0. The minimum absolute atomic E-state index is 0.0662. The summed E-state index contributed by atoms with van der Waals surface area (Å²) in [6.45, 7) is 2.06. The highest BCUT2D eigenvalue weighted by molar-refractivity contribution is 5.79. The average Bonchev–Trinajstić information content (AvgIpc) is 2.38. The van der Waals surface area contributed by atoms with Gasteiger partial charge in [-0.1, -0.05) is 18.2 Å². The number of methoxy groups -OCH3 is 1. The van der Waals surface area contributed by atoms with Gasteiger partial charge in [-0.25, -0.2) is 4.79 Å². The van der Waals surface area contributed by atoms with Gasteiger partial charge in [0.05, 0.1) is 13.7 Å². The zero-order chi connectivity index (χ0) is 14.7. The number of para-hydroxylation sites is 1. The summed E-state index contributed by atoms with van der Waals surface area (Å²) in [6, 6.07) is 5.73. The molecule has 1 N–H and O–H groups in total. The summed E-state index contributed by atoms with van der Waals surface area (Å²) in [5.41, 5.74) is -2.91. The van der Waals surface area contributed by atoms with E-state index in [1.807, 2.05) is 0 Å². The molecule has 0 amide bonds. The Labute approximate surface area is 109 Å². The van der Waals surface area contributed by atoms with Crippen LogP contribution in [0.15, 0.2) is 24.3 Å². The Kier molecular flexibility index (Phi) is 4.47. The van der Waals surface area contributed by atoms with Gasteiger partial charge in [0, 0.05) is 5.56 Å². The monoisotopic (exact) mass is 274 g/mol. The van der Waals surface area contributed by atoms with Crippen LogP contribution < -0.4 is 4.74 Å². The van der Waals surface area contributed by atoms with Crippen molar-refractivity contribution in [3.8, 4) is 5.75 Å². The average molecular weight is 274 g/mol. The van der Waals surface area contributed by atoms with E-state index in [0.717, 1.165) is 6.92 Å². The first-order valence-electron chi connectivity index (χ1n) is 5.70. The van der Waals surface area contributed by atoms with Crippen LogP contribution >= 0.6 is 0 Å². The Morgan fingerprint density at radius 1 is 1.37 bits per heavy atom. The smallest absolute Gasteiger partial charge is 0.380 e. The van der Waals surface area contributed by atoms with Crippen molar-refractivity contribution in [1.82, 2.24) is 0 Å². The molecule has 0 bridgehead atoms. The molecule has 0 heterocycles. The molecule has 0 saturated heterocycles. The summed E-state index contributed by atoms with van der Waals surface area (Å²) in [5.74, 6) is -5.79. The molecule has 1 unspecified atom stereocenters. The molecule has 4 nitrogen and oxygen atoms in total. The van der Waals surface area contributed by atoms with Crippen molar-refractivity contribution in [2.75, 3.05) is 13.7 Å². The Hall–Kier alpha value is -1.69. The number of aliphatic hydroxyl groups is 1. The fourth-order valence-electron chi connectivity index (χ4n) is 1.64. The minimum atomic E-state index is -4.09. The van der Waals surface area contributed by atoms with E-state index in [0.29, 0.717) is 0 Å². The summed E-state index contributed by atoms with van der Waals surface area (Å²) < 4.78 is 37.2. The van der Waals surface area contributed by atoms with E-state index in [1.54, 1.807) is 6.07 Å². The molecule has 1 atom stereocenters. The first-order valence-corrected chi connectivity index (χ1v) is 5.70. The van der Waals surface area contributed by atoms with E-state index >= 15 is 0 Å². The van der Waals surface area contributed by atoms with Crippen molar-refractivity contribution in [3.63, 3.8) is 0 Å². The van der Waals surface area contributed by atoms with E-state index in [1.165, 1.54) is 32.2 Å². The quantitative estimate of drug-likeness (QED) is 0.835. The Balaban J connectivity index is 3.25. The standard InChI is InChI=1S/C13H16F2O4/c1-4-19-11(16)13(14,15)12(2,17)9-7-5-6-8-10(9)18-3/h5-8,17H,4H2,1-3H3. The van der Waals surface area contributed by atoms with Crippen molar-refractivity contribution in [2.45, 2.75) is 25.4 Å². The first-order chi connectivity index (χ1) is 8.79. The van der Waals surface area contributed by atoms with E-state index in [9.17, 15) is 18.7 Å². The summed E-state index contributed by atoms with van der Waals surface area (Å²) in [7, 11) is 1.29. The number of ether oxygens (including phenoxy) is 2. The minimum Gasteiger partial charge on any atom is -0.496 e. The molecule has 19 heavy (non-hydrogen) atoms. The number of rotatable bonds is 5. The van der Waals surface area contributed by atoms with Crippen LogP contribution in [0.2, 0.25) is 0 Å². The lowest BCUT2D eigenvalue weighted by atomic mass is 9.88. The predicted octanol–water partition coefficient (Wildman–Crippen LogP) is 2.10. The number of halogens is 2. The van der Waals surface area contributed by atoms with Crippen molar-refractivity contribution in [2.24, 2.45) is 0 Å². The molecule has 0 radical (unpaired) electrons. The topological polar surface area (TPSA) is 55.8 Å². The molecule has 1 aromatic rings. The van der Waals surface area contributed by atoms with Gasteiger partial charge in [0.2, 0.25) is 0 Å². The van der Waals surface area contributed by atoms with Crippen LogP contribution in [0, 0.1) is 0 Å². The van der Waals surface area contributed by atoms with E-state index in [2.05, 4.69) is 4.74 Å². The van der Waals surface area contributed by atoms with Gasteiger partial charge >= 0.3 is 11.9 Å². The van der Waals surface area contributed by atoms with Gasteiger partial charge in [0.25, 0.3) is 0 Å². The zero-order valence-corrected chi connectivity index (χ0v) is 10.9. The molecule has 1 aromatic carbocycles. The van der Waals surface area contributed by atoms with Gasteiger partial charge in [-0.2, -0.15) is 8.78 Å². The van der Waals surface area contributed by atoms with Crippen LogP contribution in [0.3, 0.4) is 0 Å². The second-order valence-corrected chi connectivity index (χ2v) is 4.07. The molecule has 0 aliphatic rings. The van der Waals surface area contributed by atoms with E-state index in [-0.39, 0.29) is 17.9 Å². The number of carbonyl (C=O) groups excluding carboxylic acids is 1. The number of benzene rings is 1.